The van der Waals surface area contributed by atoms with Crippen LogP contribution in [0, 0.1) is 11.5 Å². The fourth-order valence-electron chi connectivity index (χ4n) is 0.653. The van der Waals surface area contributed by atoms with E-state index in [1.165, 1.54) is 0 Å². The van der Waals surface area contributed by atoms with Gasteiger partial charge in [-0.3, -0.25) is 0 Å². The summed E-state index contributed by atoms with van der Waals surface area (Å²) in [6.45, 7) is 1.65. The van der Waals surface area contributed by atoms with Crippen molar-refractivity contribution in [3.05, 3.63) is 12.2 Å². The Morgan fingerprint density at radius 1 is 1.44 bits per heavy atom. The van der Waals surface area contributed by atoms with Crippen LogP contribution in [-0.2, 0) is 0 Å². The fraction of sp³-hybridized carbons (Fsp3) is 0.333. The minimum Gasteiger partial charge on any atom is -0.345 e. The summed E-state index contributed by atoms with van der Waals surface area (Å²) in [5.41, 5.74) is 0. The van der Waals surface area contributed by atoms with Gasteiger partial charge < -0.3 is 4.90 Å². The van der Waals surface area contributed by atoms with E-state index in [-0.39, 0.29) is 0 Å². The van der Waals surface area contributed by atoms with Gasteiger partial charge in [0.1, 0.15) is 0 Å². The molecule has 9 heavy (non-hydrogen) atoms. The van der Waals surface area contributed by atoms with E-state index in [0.29, 0.717) is 0 Å². The smallest absolute Gasteiger partial charge is 0.207 e. The highest BCUT2D eigenvalue weighted by atomic mass is 15.1. The van der Waals surface area contributed by atoms with Crippen molar-refractivity contribution in [2.24, 2.45) is 4.99 Å². The Hall–Kier alpha value is -1.30. The van der Waals surface area contributed by atoms with Gasteiger partial charge in [0, 0.05) is 13.1 Å². The number of rotatable bonds is 1. The first-order valence-electron chi connectivity index (χ1n) is 2.68. The monoisotopic (exact) mass is 120 g/mol. The molecule has 45 valence electrons. The van der Waals surface area contributed by atoms with Gasteiger partial charge in [-0.2, -0.15) is 10.3 Å². The molecule has 0 fully saturated rings. The van der Waals surface area contributed by atoms with E-state index >= 15 is 0 Å². The summed E-state index contributed by atoms with van der Waals surface area (Å²) in [7, 11) is 0. The highest BCUT2D eigenvalue weighted by Crippen LogP contribution is 1.93. The molecule has 0 unspecified atom stereocenters. The molecular weight excluding hydrogens is 114 g/mol. The van der Waals surface area contributed by atoms with Crippen molar-refractivity contribution in [3.63, 3.8) is 0 Å². The van der Waals surface area contributed by atoms with Crippen molar-refractivity contribution in [2.45, 2.75) is 0 Å². The van der Waals surface area contributed by atoms with Crippen molar-refractivity contribution in [1.82, 2.24) is 4.90 Å². The summed E-state index contributed by atoms with van der Waals surface area (Å²) >= 11 is 0. The maximum atomic E-state index is 8.00. The second kappa shape index (κ2) is 2.88. The average molecular weight is 120 g/mol. The molecule has 3 nitrogen and oxygen atoms in total. The zero-order valence-electron chi connectivity index (χ0n) is 4.91. The predicted molar refractivity (Wildman–Crippen MR) is 33.8 cm³/mol. The summed E-state index contributed by atoms with van der Waals surface area (Å²) in [4.78, 5) is 5.12. The Morgan fingerprint density at radius 2 is 2.11 bits per heavy atom. The summed E-state index contributed by atoms with van der Waals surface area (Å²) in [6.07, 6.45) is 8.23. The molecule has 0 aromatic rings. The molecule has 0 spiro atoms. The van der Waals surface area contributed by atoms with Crippen LogP contribution in [-0.4, -0.2) is 24.3 Å². The maximum Gasteiger partial charge on any atom is 0.207 e. The van der Waals surface area contributed by atoms with Crippen LogP contribution in [0.4, 0.5) is 0 Å². The zero-order chi connectivity index (χ0) is 6.53. The van der Waals surface area contributed by atoms with Gasteiger partial charge >= 0.3 is 0 Å². The van der Waals surface area contributed by atoms with E-state index in [2.05, 4.69) is 11.3 Å². The molecule has 1 rings (SSSR count). The van der Waals surface area contributed by atoms with E-state index in [4.69, 9.17) is 5.26 Å². The lowest BCUT2D eigenvalue weighted by Gasteiger charge is -2.05. The van der Waals surface area contributed by atoms with E-state index in [9.17, 15) is 0 Å². The molecule has 0 aromatic heterocycles. The van der Waals surface area contributed by atoms with Gasteiger partial charge in [-0.15, -0.1) is 0 Å². The number of hydrogen-bond acceptors (Lipinski definition) is 2. The summed E-state index contributed by atoms with van der Waals surface area (Å²) in [5, 5.41) is 8.00. The zero-order valence-corrected chi connectivity index (χ0v) is 4.91. The highest BCUT2D eigenvalue weighted by molar-refractivity contribution is 5.57. The molecule has 0 atom stereocenters. The van der Waals surface area contributed by atoms with E-state index in [1.807, 2.05) is 17.1 Å². The molecular formula is C6H6N3. The molecule has 1 aliphatic rings. The van der Waals surface area contributed by atoms with Crippen molar-refractivity contribution in [1.29, 1.82) is 5.26 Å². The Labute approximate surface area is 53.9 Å². The van der Waals surface area contributed by atoms with Gasteiger partial charge in [0.05, 0.1) is 0 Å². The van der Waals surface area contributed by atoms with Gasteiger partial charge in [-0.05, 0) is 0 Å². The predicted octanol–water partition coefficient (Wildman–Crippen LogP) is 0.245. The third-order valence-corrected chi connectivity index (χ3v) is 1.06. The Morgan fingerprint density at radius 3 is 2.67 bits per heavy atom. The number of aliphatic imine (C=N–C) groups is 1. The van der Waals surface area contributed by atoms with E-state index in [1.54, 1.807) is 6.19 Å². The molecule has 0 aromatic carbocycles. The van der Waals surface area contributed by atoms with Crippen LogP contribution in [0.15, 0.2) is 17.1 Å². The molecule has 0 bridgehead atoms. The van der Waals surface area contributed by atoms with Gasteiger partial charge in [0.25, 0.3) is 0 Å². The topological polar surface area (TPSA) is 39.4 Å². The molecule has 0 aliphatic carbocycles. The fourth-order valence-corrected chi connectivity index (χ4v) is 0.653. The Kier molecular flexibility index (Phi) is 1.86. The molecule has 1 aliphatic heterocycles. The van der Waals surface area contributed by atoms with Gasteiger partial charge in [0.15, 0.2) is 6.34 Å². The summed E-state index contributed by atoms with van der Waals surface area (Å²) in [6, 6.07) is 0. The molecule has 1 heterocycles. The lowest BCUT2D eigenvalue weighted by molar-refractivity contribution is 0.558. The number of nitriles is 1. The number of hydrogen-bond donors (Lipinski definition) is 0. The second-order valence-electron chi connectivity index (χ2n) is 1.69. The molecule has 0 N–H and O–H groups in total. The Bertz CT molecular complexity index is 167. The van der Waals surface area contributed by atoms with Crippen molar-refractivity contribution < 1.29 is 0 Å². The third kappa shape index (κ3) is 1.57. The van der Waals surface area contributed by atoms with Crippen LogP contribution >= 0.6 is 0 Å². The van der Waals surface area contributed by atoms with Crippen LogP contribution in [0.3, 0.4) is 0 Å². The quantitative estimate of drug-likeness (QED) is 0.215. The van der Waals surface area contributed by atoms with E-state index < -0.39 is 0 Å². The second-order valence-corrected chi connectivity index (χ2v) is 1.69. The minimum absolute atomic E-state index is 0.825. The van der Waals surface area contributed by atoms with Crippen LogP contribution in [0.2, 0.25) is 0 Å². The summed E-state index contributed by atoms with van der Waals surface area (Å²) < 4.78 is 0. The molecule has 0 saturated heterocycles. The lowest BCUT2D eigenvalue weighted by Crippen LogP contribution is -2.16. The molecule has 0 saturated carbocycles. The first kappa shape index (κ1) is 5.83. The normalized spacial score (nSPS) is 17.0. The molecule has 1 radical (unpaired) electrons. The molecule has 3 heteroatoms. The molecule has 0 amide bonds. The summed E-state index contributed by atoms with van der Waals surface area (Å²) in [5.74, 6) is 0. The average Bonchev–Trinajstić information content (AvgIpc) is 2.34. The maximum absolute atomic E-state index is 8.00. The van der Waals surface area contributed by atoms with Crippen molar-refractivity contribution in [3.8, 4) is 6.19 Å². The third-order valence-electron chi connectivity index (χ3n) is 1.06. The van der Waals surface area contributed by atoms with Gasteiger partial charge in [0.2, 0.25) is 6.19 Å². The van der Waals surface area contributed by atoms with Gasteiger partial charge in [-0.25, -0.2) is 0 Å². The lowest BCUT2D eigenvalue weighted by atomic mass is 10.6. The first-order valence-corrected chi connectivity index (χ1v) is 2.68. The number of nitrogens with zero attached hydrogens (tertiary/aromatic N) is 3. The standard InChI is InChI=1S/C6H6N3/c7-5-8-6-9-3-1-2-4-9/h1-2H,3-4H2. The van der Waals surface area contributed by atoms with E-state index in [0.717, 1.165) is 13.1 Å². The van der Waals surface area contributed by atoms with Crippen LogP contribution in [0.5, 0.6) is 0 Å². The van der Waals surface area contributed by atoms with Gasteiger partial charge in [-0.1, -0.05) is 12.2 Å². The van der Waals surface area contributed by atoms with Crippen molar-refractivity contribution >= 4 is 6.34 Å². The minimum atomic E-state index is 0.825. The Balaban J connectivity index is 2.32. The highest BCUT2D eigenvalue weighted by Gasteiger charge is 1.99. The van der Waals surface area contributed by atoms with Crippen LogP contribution < -0.4 is 0 Å². The SMILES string of the molecule is N#C/N=[C]\N1CC=CC1. The first-order chi connectivity index (χ1) is 4.43. The van der Waals surface area contributed by atoms with Crippen molar-refractivity contribution in [2.75, 3.05) is 13.1 Å². The largest absolute Gasteiger partial charge is 0.345 e. The van der Waals surface area contributed by atoms with Crippen LogP contribution in [0.1, 0.15) is 0 Å². The van der Waals surface area contributed by atoms with Crippen LogP contribution in [0.25, 0.3) is 0 Å².